The highest BCUT2D eigenvalue weighted by atomic mass is 35.5. The number of halogens is 3. The van der Waals surface area contributed by atoms with Crippen LogP contribution >= 0.6 is 110 Å². The van der Waals surface area contributed by atoms with Crippen LogP contribution in [-0.2, 0) is 49.7 Å². The Kier molecular flexibility index (Phi) is 50.7. The van der Waals surface area contributed by atoms with Gasteiger partial charge in [0.1, 0.15) is 23.9 Å². The Morgan fingerprint density at radius 2 is 0.924 bits per heavy atom. The number of thioether (sulfide) groups is 3. The normalized spacial score (nSPS) is 12.8. The molecule has 16 nitrogen and oxygen atoms in total. The van der Waals surface area contributed by atoms with E-state index in [0.29, 0.717) is 71.9 Å². The van der Waals surface area contributed by atoms with Gasteiger partial charge in [-0.05, 0) is 182 Å². The molecule has 10 N–H and O–H groups in total. The summed E-state index contributed by atoms with van der Waals surface area (Å²) in [6.07, 6.45) is 19.1. The second-order valence-electron chi connectivity index (χ2n) is 22.6. The fourth-order valence-electron chi connectivity index (χ4n) is 9.28. The third-order valence-electron chi connectivity index (χ3n) is 14.5. The van der Waals surface area contributed by atoms with Crippen LogP contribution in [0.2, 0.25) is 0 Å². The third kappa shape index (κ3) is 34.3. The summed E-state index contributed by atoms with van der Waals surface area (Å²) in [7, 11) is 2.68. The molecule has 0 saturated carbocycles. The number of amides is 4. The number of nitrogens with two attached hydrogens (primary N) is 3. The van der Waals surface area contributed by atoms with Gasteiger partial charge in [-0.25, -0.2) is 9.59 Å². The molecule has 4 amide bonds. The Labute approximate surface area is 597 Å². The Bertz CT molecular complexity index is 2790. The molecule has 0 aliphatic rings. The third-order valence-corrected chi connectivity index (χ3v) is 17.8. The summed E-state index contributed by atoms with van der Waals surface area (Å²) in [4.78, 5) is 76.2. The zero-order chi connectivity index (χ0) is 66.4. The fraction of sp³-hybridized carbons (Fsp3) is 0.552. The number of nitrogens with one attached hydrogen (secondary N) is 4. The molecule has 1 heterocycles. The monoisotopic (exact) mass is 1450 g/mol. The van der Waals surface area contributed by atoms with Crippen LogP contribution in [0.3, 0.4) is 0 Å². The lowest BCUT2D eigenvalue weighted by Crippen LogP contribution is -2.47. The topological polar surface area (TPSA) is 260 Å². The minimum atomic E-state index is -0.651. The van der Waals surface area contributed by atoms with Crippen LogP contribution in [-0.4, -0.2) is 139 Å². The van der Waals surface area contributed by atoms with Crippen molar-refractivity contribution in [3.8, 4) is 0 Å². The molecule has 3 aromatic carbocycles. The van der Waals surface area contributed by atoms with E-state index in [0.717, 1.165) is 89.2 Å². The number of allylic oxidation sites excluding steroid dienone is 1. The Morgan fingerprint density at radius 3 is 1.27 bits per heavy atom. The highest BCUT2D eigenvalue weighted by Crippen LogP contribution is 2.26. The van der Waals surface area contributed by atoms with Gasteiger partial charge in [-0.15, -0.1) is 37.2 Å². The van der Waals surface area contributed by atoms with Crippen molar-refractivity contribution in [2.75, 3.05) is 67.5 Å². The van der Waals surface area contributed by atoms with Crippen LogP contribution in [0.1, 0.15) is 174 Å². The predicted octanol–water partition coefficient (Wildman–Crippen LogP) is 12.0. The number of aryl methyl sites for hydroxylation is 2. The molecule has 4 rings (SSSR count). The van der Waals surface area contributed by atoms with Gasteiger partial charge in [0.05, 0.1) is 27.0 Å². The summed E-state index contributed by atoms with van der Waals surface area (Å²) in [6.45, 7) is 12.6. The number of benzene rings is 3. The van der Waals surface area contributed by atoms with Crippen molar-refractivity contribution in [3.63, 3.8) is 0 Å². The van der Waals surface area contributed by atoms with E-state index in [-0.39, 0.29) is 96.7 Å². The zero-order valence-electron chi connectivity index (χ0n) is 55.5. The van der Waals surface area contributed by atoms with Crippen molar-refractivity contribution in [2.24, 2.45) is 17.2 Å². The first-order valence-electron chi connectivity index (χ1n) is 30.5. The van der Waals surface area contributed by atoms with Crippen LogP contribution in [0.5, 0.6) is 0 Å². The molecule has 0 fully saturated rings. The van der Waals surface area contributed by atoms with Crippen molar-refractivity contribution in [1.82, 2.24) is 21.3 Å². The standard InChI is InChI=1S/C25H37N3O3S2.C21H34N2O3S2.C21H32N2O3S2.3ClH/c1-17(2)21-10-9-18(6-4-7-19(26)16-32)14-22(21)24(29)28-23(11-13-33-3)25(30)27-15-20-8-5-12-31-20;2*1-14(2)17-9-8-15(6-5-7-16(22)13-27)12-18(17)20(24)23-19(10-11-28-4)21(25)26-3;;;/h5,8-10,12,14,17,19,23,32H,4,6-7,11,13,15-16,26H2,1-3H3,(H,27,30)(H,28,29);8-9,12,14,16,19,27H,5-7,10-11,13,22H2,1-4H3,(H,23,24);5,7-9,12,14,16,19,27H,6,10-11,13,22H2,1-4H3,(H,23,24);3*1H/b;;7-5+;;;/t19-,23+;2*16-,19+;;;/m111.../s1. The SMILES string of the molecule is COC(=O)[C@H](CCSC)NC(=O)c1cc(C/C=C/[C@@H](N)CS)ccc1C(C)C.COC(=O)[C@H](CCSC)NC(=O)c1cc(CCC[C@@H](N)CS)ccc1C(C)C.CSCC[C@H](NC(=O)c1cc(CCC[C@@H](N)CS)ccc1C(C)C)C(=O)NCc1ccco1.Cl.Cl.Cl. The molecule has 0 radical (unpaired) electrons. The van der Waals surface area contributed by atoms with Gasteiger partial charge in [-0.3, -0.25) is 19.2 Å². The van der Waals surface area contributed by atoms with Gasteiger partial charge in [0.2, 0.25) is 5.91 Å². The lowest BCUT2D eigenvalue weighted by molar-refractivity contribution is -0.143. The number of methoxy groups -OCH3 is 2. The average Bonchev–Trinajstić information content (AvgIpc) is 1.19. The fourth-order valence-corrected chi connectivity index (χ4v) is 11.2. The summed E-state index contributed by atoms with van der Waals surface area (Å²) in [5.74, 6) is 3.72. The van der Waals surface area contributed by atoms with Crippen molar-refractivity contribution >= 4 is 146 Å². The minimum Gasteiger partial charge on any atom is -0.467 e. The number of hydrogen-bond acceptors (Lipinski definition) is 18. The first-order chi connectivity index (χ1) is 42.5. The first kappa shape index (κ1) is 90.4. The first-order valence-corrected chi connectivity index (χ1v) is 36.6. The number of furan rings is 1. The maximum atomic E-state index is 13.3. The molecule has 92 heavy (non-hydrogen) atoms. The Balaban J connectivity index is 0. The summed E-state index contributed by atoms with van der Waals surface area (Å²) in [5.41, 5.74) is 25.7. The van der Waals surface area contributed by atoms with Crippen molar-refractivity contribution in [1.29, 1.82) is 0 Å². The van der Waals surface area contributed by atoms with Crippen molar-refractivity contribution in [3.05, 3.63) is 141 Å². The van der Waals surface area contributed by atoms with Gasteiger partial charge >= 0.3 is 11.9 Å². The molecule has 520 valence electrons. The predicted molar refractivity (Wildman–Crippen MR) is 405 cm³/mol. The molecule has 25 heteroatoms. The van der Waals surface area contributed by atoms with Gasteiger partial charge in [-0.2, -0.15) is 73.2 Å². The van der Waals surface area contributed by atoms with Gasteiger partial charge in [-0.1, -0.05) is 90.1 Å². The number of carbonyl (C=O) groups is 6. The number of esters is 2. The lowest BCUT2D eigenvalue weighted by atomic mass is 9.93. The molecule has 0 saturated heterocycles. The molecule has 0 unspecified atom stereocenters. The van der Waals surface area contributed by atoms with E-state index in [1.807, 2.05) is 87.2 Å². The molecular formula is C67H106Cl3N7O9S6. The second-order valence-corrected chi connectivity index (χ2v) is 26.7. The van der Waals surface area contributed by atoms with Crippen molar-refractivity contribution < 1.29 is 42.7 Å². The van der Waals surface area contributed by atoms with Gasteiger partial charge in [0.25, 0.3) is 17.7 Å². The van der Waals surface area contributed by atoms with E-state index in [1.54, 1.807) is 53.7 Å². The number of hydrogen-bond donors (Lipinski definition) is 10. The van der Waals surface area contributed by atoms with E-state index < -0.39 is 30.1 Å². The number of rotatable bonds is 37. The lowest BCUT2D eigenvalue weighted by Gasteiger charge is -2.20. The smallest absolute Gasteiger partial charge is 0.328 e. The van der Waals surface area contributed by atoms with Crippen LogP contribution < -0.4 is 38.5 Å². The van der Waals surface area contributed by atoms with Crippen LogP contribution in [0.4, 0.5) is 0 Å². The maximum Gasteiger partial charge on any atom is 0.328 e. The molecule has 6 atom stereocenters. The molecular weight excluding hydrogens is 1350 g/mol. The Morgan fingerprint density at radius 1 is 0.543 bits per heavy atom. The Hall–Kier alpha value is -3.65. The summed E-state index contributed by atoms with van der Waals surface area (Å²) in [5, 5.41) is 11.6. The number of ether oxygens (including phenoxy) is 2. The molecule has 0 spiro atoms. The minimum absolute atomic E-state index is 0. The summed E-state index contributed by atoms with van der Waals surface area (Å²) >= 11 is 17.5. The molecule has 0 aliphatic heterocycles. The van der Waals surface area contributed by atoms with Crippen molar-refractivity contribution in [2.45, 2.75) is 166 Å². The van der Waals surface area contributed by atoms with E-state index in [1.165, 1.54) is 14.2 Å². The number of carbonyl (C=O) groups excluding carboxylic acids is 6. The van der Waals surface area contributed by atoms with Gasteiger partial charge < -0.3 is 52.4 Å². The maximum absolute atomic E-state index is 13.3. The van der Waals surface area contributed by atoms with Gasteiger partial charge in [0.15, 0.2) is 0 Å². The molecule has 0 bridgehead atoms. The average molecular weight is 1450 g/mol. The quantitative estimate of drug-likeness (QED) is 0.0114. The van der Waals surface area contributed by atoms with Crippen LogP contribution in [0.25, 0.3) is 0 Å². The summed E-state index contributed by atoms with van der Waals surface area (Å²) < 4.78 is 15.0. The van der Waals surface area contributed by atoms with E-state index in [4.69, 9.17) is 31.1 Å². The number of thiol groups is 3. The highest BCUT2D eigenvalue weighted by molar-refractivity contribution is 7.99. The largest absolute Gasteiger partial charge is 0.467 e. The van der Waals surface area contributed by atoms with Crippen LogP contribution in [0.15, 0.2) is 89.6 Å². The van der Waals surface area contributed by atoms with E-state index >= 15 is 0 Å². The zero-order valence-corrected chi connectivity index (χ0v) is 63.1. The van der Waals surface area contributed by atoms with Crippen LogP contribution in [0, 0.1) is 0 Å². The molecule has 1 aromatic heterocycles. The second kappa shape index (κ2) is 51.6. The van der Waals surface area contributed by atoms with Gasteiger partial charge in [0, 0.05) is 52.1 Å². The van der Waals surface area contributed by atoms with E-state index in [2.05, 4.69) is 99.0 Å². The molecule has 4 aromatic rings. The highest BCUT2D eigenvalue weighted by Gasteiger charge is 2.27. The summed E-state index contributed by atoms with van der Waals surface area (Å²) in [6, 6.07) is 19.8. The molecule has 0 aliphatic carbocycles. The van der Waals surface area contributed by atoms with E-state index in [9.17, 15) is 28.8 Å².